The molecule has 1 saturated heterocycles. The third-order valence-corrected chi connectivity index (χ3v) is 1.45. The summed E-state index contributed by atoms with van der Waals surface area (Å²) in [6.07, 6.45) is -1.63. The van der Waals surface area contributed by atoms with E-state index in [0.717, 1.165) is 0 Å². The molecule has 0 radical (unpaired) electrons. The molecule has 0 aromatic rings. The Hall–Kier alpha value is -0.200. The largest absolute Gasteiger partial charge is 0.366 e. The summed E-state index contributed by atoms with van der Waals surface area (Å²) in [6, 6.07) is -1.01. The summed E-state index contributed by atoms with van der Waals surface area (Å²) >= 11 is 0. The second-order valence-electron chi connectivity index (χ2n) is 2.15. The van der Waals surface area contributed by atoms with E-state index in [2.05, 4.69) is 4.74 Å². The lowest BCUT2D eigenvalue weighted by Crippen LogP contribution is -2.48. The molecular formula is C4H11N3O2. The predicted octanol–water partition coefficient (Wildman–Crippen LogP) is -2.73. The second kappa shape index (κ2) is 2.20. The molecule has 5 nitrogen and oxygen atoms in total. The summed E-state index contributed by atoms with van der Waals surface area (Å²) in [5.74, 6) is 0. The van der Waals surface area contributed by atoms with Crippen LogP contribution in [0.3, 0.4) is 0 Å². The number of hydrogen-bond acceptors (Lipinski definition) is 5. The lowest BCUT2D eigenvalue weighted by atomic mass is 10.1. The topological polar surface area (TPSA) is 108 Å². The van der Waals surface area contributed by atoms with Crippen molar-refractivity contribution in [3.63, 3.8) is 0 Å². The zero-order valence-corrected chi connectivity index (χ0v) is 4.90. The number of aliphatic hydroxyl groups is 1. The smallest absolute Gasteiger partial charge is 0.173 e. The van der Waals surface area contributed by atoms with Gasteiger partial charge in [-0.1, -0.05) is 0 Å². The normalized spacial score (nSPS) is 52.0. The lowest BCUT2D eigenvalue weighted by molar-refractivity contribution is -0.0941. The van der Waals surface area contributed by atoms with Gasteiger partial charge in [0.05, 0.1) is 12.1 Å². The fourth-order valence-corrected chi connectivity index (χ4v) is 0.752. The summed E-state index contributed by atoms with van der Waals surface area (Å²) in [6.45, 7) is 0. The van der Waals surface area contributed by atoms with Crippen LogP contribution in [-0.2, 0) is 4.74 Å². The van der Waals surface area contributed by atoms with Crippen LogP contribution in [0.1, 0.15) is 0 Å². The van der Waals surface area contributed by atoms with Crippen LogP contribution in [-0.4, -0.2) is 29.7 Å². The predicted molar refractivity (Wildman–Crippen MR) is 31.0 cm³/mol. The van der Waals surface area contributed by atoms with Gasteiger partial charge < -0.3 is 27.0 Å². The van der Waals surface area contributed by atoms with E-state index >= 15 is 0 Å². The van der Waals surface area contributed by atoms with Crippen molar-refractivity contribution in [2.75, 3.05) is 0 Å². The Kier molecular flexibility index (Phi) is 1.69. The quantitative estimate of drug-likeness (QED) is 0.287. The molecule has 0 aromatic carbocycles. The highest BCUT2D eigenvalue weighted by molar-refractivity contribution is 4.88. The van der Waals surface area contributed by atoms with Gasteiger partial charge in [0, 0.05) is 0 Å². The first-order valence-corrected chi connectivity index (χ1v) is 2.73. The third-order valence-electron chi connectivity index (χ3n) is 1.45. The van der Waals surface area contributed by atoms with E-state index in [1.165, 1.54) is 0 Å². The molecule has 7 N–H and O–H groups in total. The van der Waals surface area contributed by atoms with Gasteiger partial charge in [0.1, 0.15) is 6.23 Å². The van der Waals surface area contributed by atoms with E-state index in [1.807, 2.05) is 0 Å². The van der Waals surface area contributed by atoms with Crippen LogP contribution in [0.5, 0.6) is 0 Å². The SMILES string of the molecule is NC1OC(O)C(N)C1N. The van der Waals surface area contributed by atoms with Gasteiger partial charge in [-0.3, -0.25) is 0 Å². The summed E-state index contributed by atoms with van der Waals surface area (Å²) in [5, 5.41) is 8.83. The first kappa shape index (κ1) is 6.91. The Morgan fingerprint density at radius 2 is 1.67 bits per heavy atom. The molecule has 1 rings (SSSR count). The number of rotatable bonds is 0. The Balaban J connectivity index is 2.54. The van der Waals surface area contributed by atoms with Crippen LogP contribution < -0.4 is 17.2 Å². The van der Waals surface area contributed by atoms with Gasteiger partial charge in [-0.25, -0.2) is 0 Å². The molecule has 1 aliphatic heterocycles. The Labute approximate surface area is 52.8 Å². The zero-order chi connectivity index (χ0) is 7.02. The van der Waals surface area contributed by atoms with Crippen molar-refractivity contribution in [2.24, 2.45) is 17.2 Å². The maximum absolute atomic E-state index is 8.83. The minimum atomic E-state index is -1.00. The highest BCUT2D eigenvalue weighted by atomic mass is 16.6. The standard InChI is InChI=1S/C4H11N3O2/c5-1-2(6)4(8)9-3(1)7/h1-4,8H,5-7H2. The van der Waals surface area contributed by atoms with Crippen molar-refractivity contribution in [1.29, 1.82) is 0 Å². The first-order chi connectivity index (χ1) is 4.13. The molecule has 1 heterocycles. The molecule has 4 atom stereocenters. The fourth-order valence-electron chi connectivity index (χ4n) is 0.752. The molecule has 0 aliphatic carbocycles. The van der Waals surface area contributed by atoms with Gasteiger partial charge in [0.2, 0.25) is 0 Å². The maximum atomic E-state index is 8.83. The Morgan fingerprint density at radius 3 is 1.78 bits per heavy atom. The molecule has 0 saturated carbocycles. The van der Waals surface area contributed by atoms with Gasteiger partial charge >= 0.3 is 0 Å². The summed E-state index contributed by atoms with van der Waals surface area (Å²) in [7, 11) is 0. The average Bonchev–Trinajstić information content (AvgIpc) is 1.98. The van der Waals surface area contributed by atoms with Crippen LogP contribution in [0.4, 0.5) is 0 Å². The van der Waals surface area contributed by atoms with Crippen LogP contribution >= 0.6 is 0 Å². The minimum absolute atomic E-state index is 0.458. The molecule has 0 aromatic heterocycles. The van der Waals surface area contributed by atoms with Crippen LogP contribution in [0, 0.1) is 0 Å². The fraction of sp³-hybridized carbons (Fsp3) is 1.00. The summed E-state index contributed by atoms with van der Waals surface area (Å²) in [5.41, 5.74) is 16.0. The van der Waals surface area contributed by atoms with Crippen LogP contribution in [0.25, 0.3) is 0 Å². The van der Waals surface area contributed by atoms with Gasteiger partial charge in [-0.15, -0.1) is 0 Å². The minimum Gasteiger partial charge on any atom is -0.366 e. The molecule has 1 aliphatic rings. The van der Waals surface area contributed by atoms with Crippen molar-refractivity contribution < 1.29 is 9.84 Å². The molecular weight excluding hydrogens is 122 g/mol. The second-order valence-corrected chi connectivity index (χ2v) is 2.15. The summed E-state index contributed by atoms with van der Waals surface area (Å²) in [4.78, 5) is 0. The lowest BCUT2D eigenvalue weighted by Gasteiger charge is -2.09. The van der Waals surface area contributed by atoms with E-state index in [-0.39, 0.29) is 0 Å². The Bertz CT molecular complexity index is 98.0. The van der Waals surface area contributed by atoms with Crippen molar-refractivity contribution >= 4 is 0 Å². The van der Waals surface area contributed by atoms with E-state index in [9.17, 15) is 0 Å². The monoisotopic (exact) mass is 133 g/mol. The van der Waals surface area contributed by atoms with Gasteiger partial charge in [-0.2, -0.15) is 0 Å². The van der Waals surface area contributed by atoms with Crippen LogP contribution in [0.2, 0.25) is 0 Å². The molecule has 0 spiro atoms. The highest BCUT2D eigenvalue weighted by Crippen LogP contribution is 2.11. The van der Waals surface area contributed by atoms with Gasteiger partial charge in [0.25, 0.3) is 0 Å². The van der Waals surface area contributed by atoms with Crippen molar-refractivity contribution in [2.45, 2.75) is 24.6 Å². The van der Waals surface area contributed by atoms with Gasteiger partial charge in [-0.05, 0) is 0 Å². The van der Waals surface area contributed by atoms with E-state index < -0.39 is 24.6 Å². The van der Waals surface area contributed by atoms with Crippen molar-refractivity contribution in [3.05, 3.63) is 0 Å². The molecule has 1 fully saturated rings. The number of ether oxygens (including phenoxy) is 1. The number of nitrogens with two attached hydrogens (primary N) is 3. The molecule has 54 valence electrons. The zero-order valence-electron chi connectivity index (χ0n) is 4.90. The van der Waals surface area contributed by atoms with Crippen LogP contribution in [0.15, 0.2) is 0 Å². The van der Waals surface area contributed by atoms with Gasteiger partial charge in [0.15, 0.2) is 6.29 Å². The number of aliphatic hydroxyl groups excluding tert-OH is 1. The maximum Gasteiger partial charge on any atom is 0.173 e. The molecule has 0 amide bonds. The Morgan fingerprint density at radius 1 is 1.11 bits per heavy atom. The summed E-state index contributed by atoms with van der Waals surface area (Å²) < 4.78 is 4.67. The third kappa shape index (κ3) is 1.05. The number of hydrogen-bond donors (Lipinski definition) is 4. The van der Waals surface area contributed by atoms with Crippen molar-refractivity contribution in [3.8, 4) is 0 Å². The molecule has 9 heavy (non-hydrogen) atoms. The molecule has 5 heteroatoms. The van der Waals surface area contributed by atoms with E-state index in [4.69, 9.17) is 22.3 Å². The molecule has 4 unspecified atom stereocenters. The van der Waals surface area contributed by atoms with E-state index in [1.54, 1.807) is 0 Å². The van der Waals surface area contributed by atoms with Crippen molar-refractivity contribution in [1.82, 2.24) is 0 Å². The first-order valence-electron chi connectivity index (χ1n) is 2.73. The molecule has 0 bridgehead atoms. The average molecular weight is 133 g/mol. The highest BCUT2D eigenvalue weighted by Gasteiger charge is 2.36. The van der Waals surface area contributed by atoms with E-state index in [0.29, 0.717) is 0 Å².